The molecule has 0 unspecified atom stereocenters. The normalized spacial score (nSPS) is 13.9. The third-order valence-electron chi connectivity index (χ3n) is 4.43. The van der Waals surface area contributed by atoms with Crippen molar-refractivity contribution in [3.63, 3.8) is 0 Å². The van der Waals surface area contributed by atoms with Gasteiger partial charge in [0.25, 0.3) is 11.8 Å². The second-order valence-electron chi connectivity index (χ2n) is 6.58. The van der Waals surface area contributed by atoms with Crippen LogP contribution in [-0.2, 0) is 9.53 Å². The highest BCUT2D eigenvalue weighted by Gasteiger charge is 2.18. The van der Waals surface area contributed by atoms with E-state index in [1.54, 1.807) is 29.2 Å². The van der Waals surface area contributed by atoms with Gasteiger partial charge in [0.2, 0.25) is 0 Å². The van der Waals surface area contributed by atoms with Crippen molar-refractivity contribution in [2.24, 2.45) is 0 Å². The number of morpholine rings is 1. The molecule has 27 heavy (non-hydrogen) atoms. The van der Waals surface area contributed by atoms with Crippen LogP contribution in [0.2, 0.25) is 0 Å². The molecule has 6 nitrogen and oxygen atoms in total. The maximum absolute atomic E-state index is 12.4. The molecule has 1 fully saturated rings. The van der Waals surface area contributed by atoms with Gasteiger partial charge in [0.15, 0.2) is 6.61 Å². The van der Waals surface area contributed by atoms with Gasteiger partial charge < -0.3 is 19.7 Å². The summed E-state index contributed by atoms with van der Waals surface area (Å²) >= 11 is 0. The maximum Gasteiger partial charge on any atom is 0.262 e. The first-order valence-electron chi connectivity index (χ1n) is 9.00. The minimum absolute atomic E-state index is 0.0163. The molecular weight excluding hydrogens is 344 g/mol. The lowest BCUT2D eigenvalue weighted by Gasteiger charge is -2.26. The zero-order valence-corrected chi connectivity index (χ0v) is 15.7. The Morgan fingerprint density at radius 2 is 1.78 bits per heavy atom. The Labute approximate surface area is 159 Å². The number of anilines is 1. The summed E-state index contributed by atoms with van der Waals surface area (Å²) in [4.78, 5) is 26.3. The van der Waals surface area contributed by atoms with Crippen molar-refractivity contribution in [1.82, 2.24) is 4.90 Å². The fraction of sp³-hybridized carbons (Fsp3) is 0.333. The molecule has 1 aliphatic rings. The molecule has 1 heterocycles. The van der Waals surface area contributed by atoms with E-state index in [0.717, 1.165) is 16.8 Å². The summed E-state index contributed by atoms with van der Waals surface area (Å²) in [6.07, 6.45) is 0. The van der Waals surface area contributed by atoms with Gasteiger partial charge in [-0.2, -0.15) is 0 Å². The van der Waals surface area contributed by atoms with Crippen LogP contribution < -0.4 is 10.1 Å². The smallest absolute Gasteiger partial charge is 0.262 e. The largest absolute Gasteiger partial charge is 0.484 e. The van der Waals surface area contributed by atoms with E-state index in [4.69, 9.17) is 9.47 Å². The average Bonchev–Trinajstić information content (AvgIpc) is 2.69. The predicted molar refractivity (Wildman–Crippen MR) is 103 cm³/mol. The van der Waals surface area contributed by atoms with Gasteiger partial charge in [-0.25, -0.2) is 0 Å². The van der Waals surface area contributed by atoms with E-state index in [2.05, 4.69) is 5.32 Å². The van der Waals surface area contributed by atoms with Crippen molar-refractivity contribution in [3.8, 4) is 5.75 Å². The summed E-state index contributed by atoms with van der Waals surface area (Å²) < 4.78 is 10.8. The van der Waals surface area contributed by atoms with Crippen LogP contribution in [0.4, 0.5) is 5.69 Å². The molecule has 2 amide bonds. The Balaban J connectivity index is 1.52. The lowest BCUT2D eigenvalue weighted by molar-refractivity contribution is -0.118. The Kier molecular flexibility index (Phi) is 6.08. The van der Waals surface area contributed by atoms with E-state index in [-0.39, 0.29) is 18.4 Å². The minimum Gasteiger partial charge on any atom is -0.484 e. The maximum atomic E-state index is 12.4. The molecule has 0 saturated carbocycles. The summed E-state index contributed by atoms with van der Waals surface area (Å²) in [5, 5.41) is 2.84. The third kappa shape index (κ3) is 5.08. The van der Waals surface area contributed by atoms with Crippen LogP contribution in [0.25, 0.3) is 0 Å². The second kappa shape index (κ2) is 8.68. The zero-order chi connectivity index (χ0) is 19.2. The summed E-state index contributed by atoms with van der Waals surface area (Å²) in [5.74, 6) is 0.303. The molecule has 2 aromatic carbocycles. The number of nitrogens with one attached hydrogen (secondary N) is 1. The highest BCUT2D eigenvalue weighted by atomic mass is 16.5. The first-order valence-corrected chi connectivity index (χ1v) is 9.00. The third-order valence-corrected chi connectivity index (χ3v) is 4.43. The number of carbonyl (C=O) groups is 2. The number of ether oxygens (including phenoxy) is 2. The molecule has 142 valence electrons. The monoisotopic (exact) mass is 368 g/mol. The van der Waals surface area contributed by atoms with Crippen molar-refractivity contribution in [3.05, 3.63) is 59.2 Å². The number of carbonyl (C=O) groups excluding carboxylic acids is 2. The van der Waals surface area contributed by atoms with Gasteiger partial charge in [-0.1, -0.05) is 17.7 Å². The minimum atomic E-state index is -0.226. The van der Waals surface area contributed by atoms with Gasteiger partial charge in [0.1, 0.15) is 5.75 Å². The molecule has 2 aromatic rings. The molecule has 0 aromatic heterocycles. The van der Waals surface area contributed by atoms with Crippen LogP contribution >= 0.6 is 0 Å². The standard InChI is InChI=1S/C21H24N2O4/c1-15-3-8-19(16(2)13-15)22-20(24)14-27-18-6-4-17(5-7-18)21(25)23-9-11-26-12-10-23/h3-8,13H,9-12,14H2,1-2H3,(H,22,24). The van der Waals surface area contributed by atoms with Gasteiger partial charge in [-0.05, 0) is 49.7 Å². The molecule has 6 heteroatoms. The molecule has 0 radical (unpaired) electrons. The first-order chi connectivity index (χ1) is 13.0. The SMILES string of the molecule is Cc1ccc(NC(=O)COc2ccc(C(=O)N3CCOCC3)cc2)c(C)c1. The molecule has 1 saturated heterocycles. The highest BCUT2D eigenvalue weighted by molar-refractivity contribution is 5.94. The Bertz CT molecular complexity index is 811. The van der Waals surface area contributed by atoms with Crippen LogP contribution in [0.3, 0.4) is 0 Å². The number of aryl methyl sites for hydroxylation is 2. The Morgan fingerprint density at radius 1 is 1.07 bits per heavy atom. The summed E-state index contributed by atoms with van der Waals surface area (Å²) in [5.41, 5.74) is 3.53. The van der Waals surface area contributed by atoms with Crippen molar-refractivity contribution < 1.29 is 19.1 Å². The number of rotatable bonds is 5. The van der Waals surface area contributed by atoms with Gasteiger partial charge in [0.05, 0.1) is 13.2 Å². The van der Waals surface area contributed by atoms with Crippen LogP contribution in [0.15, 0.2) is 42.5 Å². The fourth-order valence-electron chi connectivity index (χ4n) is 2.93. The average molecular weight is 368 g/mol. The number of benzene rings is 2. The Morgan fingerprint density at radius 3 is 2.44 bits per heavy atom. The molecule has 0 bridgehead atoms. The fourth-order valence-corrected chi connectivity index (χ4v) is 2.93. The van der Waals surface area contributed by atoms with Gasteiger partial charge in [0, 0.05) is 24.3 Å². The van der Waals surface area contributed by atoms with Crippen molar-refractivity contribution >= 4 is 17.5 Å². The van der Waals surface area contributed by atoms with Crippen LogP contribution in [0, 0.1) is 13.8 Å². The van der Waals surface area contributed by atoms with E-state index in [9.17, 15) is 9.59 Å². The van der Waals surface area contributed by atoms with E-state index < -0.39 is 0 Å². The van der Waals surface area contributed by atoms with E-state index in [0.29, 0.717) is 37.6 Å². The summed E-state index contributed by atoms with van der Waals surface area (Å²) in [6, 6.07) is 12.7. The van der Waals surface area contributed by atoms with Crippen LogP contribution in [-0.4, -0.2) is 49.6 Å². The molecule has 3 rings (SSSR count). The molecular formula is C21H24N2O4. The first kappa shape index (κ1) is 18.9. The van der Waals surface area contributed by atoms with E-state index in [1.807, 2.05) is 32.0 Å². The number of hydrogen-bond acceptors (Lipinski definition) is 4. The molecule has 1 N–H and O–H groups in total. The Hall–Kier alpha value is -2.86. The number of amides is 2. The van der Waals surface area contributed by atoms with Crippen LogP contribution in [0.5, 0.6) is 5.75 Å². The lowest BCUT2D eigenvalue weighted by atomic mass is 10.1. The predicted octanol–water partition coefficient (Wildman–Crippen LogP) is 2.79. The van der Waals surface area contributed by atoms with Gasteiger partial charge in [-0.15, -0.1) is 0 Å². The molecule has 0 aliphatic carbocycles. The molecule has 1 aliphatic heterocycles. The van der Waals surface area contributed by atoms with Crippen molar-refractivity contribution in [1.29, 1.82) is 0 Å². The summed E-state index contributed by atoms with van der Waals surface area (Å²) in [6.45, 7) is 6.23. The van der Waals surface area contributed by atoms with E-state index in [1.165, 1.54) is 0 Å². The van der Waals surface area contributed by atoms with Crippen molar-refractivity contribution in [2.45, 2.75) is 13.8 Å². The summed E-state index contributed by atoms with van der Waals surface area (Å²) in [7, 11) is 0. The van der Waals surface area contributed by atoms with E-state index >= 15 is 0 Å². The highest BCUT2D eigenvalue weighted by Crippen LogP contribution is 2.17. The number of nitrogens with zero attached hydrogens (tertiary/aromatic N) is 1. The quantitative estimate of drug-likeness (QED) is 0.881. The zero-order valence-electron chi connectivity index (χ0n) is 15.7. The lowest BCUT2D eigenvalue weighted by Crippen LogP contribution is -2.40. The molecule has 0 atom stereocenters. The van der Waals surface area contributed by atoms with Gasteiger partial charge in [-0.3, -0.25) is 9.59 Å². The van der Waals surface area contributed by atoms with Crippen LogP contribution in [0.1, 0.15) is 21.5 Å². The topological polar surface area (TPSA) is 67.9 Å². The van der Waals surface area contributed by atoms with Gasteiger partial charge >= 0.3 is 0 Å². The van der Waals surface area contributed by atoms with Crippen molar-refractivity contribution in [2.75, 3.05) is 38.2 Å². The second-order valence-corrected chi connectivity index (χ2v) is 6.58. The molecule has 0 spiro atoms. The number of hydrogen-bond donors (Lipinski definition) is 1.